The Balaban J connectivity index is 1.77. The molecule has 1 aliphatic carbocycles. The van der Waals surface area contributed by atoms with Crippen LogP contribution < -0.4 is 5.32 Å². The van der Waals surface area contributed by atoms with E-state index in [-0.39, 0.29) is 0 Å². The lowest BCUT2D eigenvalue weighted by Crippen LogP contribution is -2.42. The highest BCUT2D eigenvalue weighted by Crippen LogP contribution is 2.29. The zero-order chi connectivity index (χ0) is 12.3. The van der Waals surface area contributed by atoms with E-state index in [2.05, 4.69) is 36.2 Å². The van der Waals surface area contributed by atoms with Crippen molar-refractivity contribution in [2.45, 2.75) is 58.7 Å². The highest BCUT2D eigenvalue weighted by Gasteiger charge is 2.25. The van der Waals surface area contributed by atoms with Crippen molar-refractivity contribution < 1.29 is 0 Å². The average Bonchev–Trinajstić information content (AvgIpc) is 2.76. The first-order chi connectivity index (χ1) is 8.15. The van der Waals surface area contributed by atoms with Crippen LogP contribution in [0.3, 0.4) is 0 Å². The van der Waals surface area contributed by atoms with Gasteiger partial charge in [-0.3, -0.25) is 4.68 Å². The molecule has 96 valence electrons. The predicted octanol–water partition coefficient (Wildman–Crippen LogP) is 2.08. The average molecular weight is 236 g/mol. The van der Waals surface area contributed by atoms with Gasteiger partial charge in [-0.15, -0.1) is 0 Å². The van der Waals surface area contributed by atoms with Gasteiger partial charge in [-0.25, -0.2) is 4.98 Å². The largest absolute Gasteiger partial charge is 0.310 e. The topological polar surface area (TPSA) is 42.7 Å². The molecule has 0 bridgehead atoms. The van der Waals surface area contributed by atoms with Crippen LogP contribution in [0.4, 0.5) is 0 Å². The highest BCUT2D eigenvalue weighted by molar-refractivity contribution is 4.81. The van der Waals surface area contributed by atoms with Crippen molar-refractivity contribution in [2.75, 3.05) is 0 Å². The van der Waals surface area contributed by atoms with E-state index in [0.717, 1.165) is 18.4 Å². The number of nitrogens with zero attached hydrogens (tertiary/aromatic N) is 3. The minimum atomic E-state index is 0.460. The second-order valence-electron chi connectivity index (χ2n) is 5.65. The Kier molecular flexibility index (Phi) is 4.15. The summed E-state index contributed by atoms with van der Waals surface area (Å²) in [6, 6.07) is 1.14. The van der Waals surface area contributed by atoms with Crippen LogP contribution in [0.15, 0.2) is 12.7 Å². The lowest BCUT2D eigenvalue weighted by molar-refractivity contribution is 0.212. The van der Waals surface area contributed by atoms with Crippen LogP contribution in [-0.4, -0.2) is 26.8 Å². The summed E-state index contributed by atoms with van der Waals surface area (Å²) in [5.74, 6) is 1.73. The normalized spacial score (nSPS) is 31.4. The fourth-order valence-electron chi connectivity index (χ4n) is 2.76. The Labute approximate surface area is 104 Å². The molecule has 4 atom stereocenters. The molecule has 1 N–H and O–H groups in total. The van der Waals surface area contributed by atoms with Gasteiger partial charge in [0.1, 0.15) is 12.7 Å². The van der Waals surface area contributed by atoms with Crippen molar-refractivity contribution in [1.82, 2.24) is 20.1 Å². The van der Waals surface area contributed by atoms with E-state index < -0.39 is 0 Å². The minimum Gasteiger partial charge on any atom is -0.310 e. The maximum Gasteiger partial charge on any atom is 0.137 e. The zero-order valence-electron chi connectivity index (χ0n) is 11.1. The van der Waals surface area contributed by atoms with Crippen LogP contribution in [-0.2, 0) is 6.54 Å². The number of hydrogen-bond acceptors (Lipinski definition) is 3. The lowest BCUT2D eigenvalue weighted by atomic mass is 9.79. The smallest absolute Gasteiger partial charge is 0.137 e. The summed E-state index contributed by atoms with van der Waals surface area (Å²) in [6.07, 6.45) is 7.35. The summed E-state index contributed by atoms with van der Waals surface area (Å²) in [6.45, 7) is 7.88. The summed E-state index contributed by atoms with van der Waals surface area (Å²) in [4.78, 5) is 3.97. The van der Waals surface area contributed by atoms with E-state index in [1.165, 1.54) is 19.3 Å². The van der Waals surface area contributed by atoms with Gasteiger partial charge in [-0.2, -0.15) is 5.10 Å². The third-order valence-electron chi connectivity index (χ3n) is 4.05. The van der Waals surface area contributed by atoms with Crippen LogP contribution >= 0.6 is 0 Å². The SMILES string of the molecule is C[C@H](Cn1cncn1)N[C@@H]1CC[C@H](C)[C@@H](C)C1. The molecule has 2 rings (SSSR count). The molecular weight excluding hydrogens is 212 g/mol. The summed E-state index contributed by atoms with van der Waals surface area (Å²) in [7, 11) is 0. The molecule has 0 radical (unpaired) electrons. The Bertz CT molecular complexity index is 322. The molecule has 17 heavy (non-hydrogen) atoms. The van der Waals surface area contributed by atoms with Crippen molar-refractivity contribution in [2.24, 2.45) is 11.8 Å². The molecule has 1 heterocycles. The van der Waals surface area contributed by atoms with Crippen LogP contribution in [0, 0.1) is 11.8 Å². The Morgan fingerprint density at radius 3 is 2.82 bits per heavy atom. The predicted molar refractivity (Wildman–Crippen MR) is 68.6 cm³/mol. The monoisotopic (exact) mass is 236 g/mol. The van der Waals surface area contributed by atoms with Crippen molar-refractivity contribution in [3.63, 3.8) is 0 Å². The number of rotatable bonds is 4. The van der Waals surface area contributed by atoms with E-state index >= 15 is 0 Å². The standard InChI is InChI=1S/C13H24N4/c1-10-4-5-13(6-11(10)2)16-12(3)7-17-9-14-8-15-17/h8-13,16H,4-7H2,1-3H3/t10-,11-,12+,13+/m0/s1. The number of nitrogens with one attached hydrogen (secondary N) is 1. The first kappa shape index (κ1) is 12.6. The van der Waals surface area contributed by atoms with E-state index in [0.29, 0.717) is 12.1 Å². The van der Waals surface area contributed by atoms with Gasteiger partial charge in [0.15, 0.2) is 0 Å². The number of aromatic nitrogens is 3. The zero-order valence-corrected chi connectivity index (χ0v) is 11.1. The molecule has 1 aliphatic rings. The van der Waals surface area contributed by atoms with E-state index in [9.17, 15) is 0 Å². The van der Waals surface area contributed by atoms with Crippen LogP contribution in [0.25, 0.3) is 0 Å². The van der Waals surface area contributed by atoms with Gasteiger partial charge in [-0.05, 0) is 38.0 Å². The maximum atomic E-state index is 4.14. The summed E-state index contributed by atoms with van der Waals surface area (Å²) in [5.41, 5.74) is 0. The molecule has 0 spiro atoms. The maximum absolute atomic E-state index is 4.14. The third kappa shape index (κ3) is 3.53. The van der Waals surface area contributed by atoms with Gasteiger partial charge < -0.3 is 5.32 Å². The molecule has 1 fully saturated rings. The first-order valence-electron chi connectivity index (χ1n) is 6.73. The van der Waals surface area contributed by atoms with Gasteiger partial charge in [0, 0.05) is 12.1 Å². The minimum absolute atomic E-state index is 0.460. The Morgan fingerprint density at radius 2 is 2.18 bits per heavy atom. The Morgan fingerprint density at radius 1 is 1.35 bits per heavy atom. The van der Waals surface area contributed by atoms with Crippen molar-refractivity contribution >= 4 is 0 Å². The Hall–Kier alpha value is -0.900. The summed E-state index contributed by atoms with van der Waals surface area (Å²) >= 11 is 0. The number of hydrogen-bond donors (Lipinski definition) is 1. The van der Waals surface area contributed by atoms with Crippen molar-refractivity contribution in [3.8, 4) is 0 Å². The van der Waals surface area contributed by atoms with Crippen molar-refractivity contribution in [1.29, 1.82) is 0 Å². The molecule has 0 amide bonds. The fourth-order valence-corrected chi connectivity index (χ4v) is 2.76. The van der Waals surface area contributed by atoms with Crippen LogP contribution in [0.1, 0.15) is 40.0 Å². The van der Waals surface area contributed by atoms with Gasteiger partial charge >= 0.3 is 0 Å². The van der Waals surface area contributed by atoms with Gasteiger partial charge in [-0.1, -0.05) is 13.8 Å². The van der Waals surface area contributed by atoms with Gasteiger partial charge in [0.05, 0.1) is 6.54 Å². The molecule has 0 aliphatic heterocycles. The van der Waals surface area contributed by atoms with Crippen LogP contribution in [0.2, 0.25) is 0 Å². The molecule has 0 unspecified atom stereocenters. The quantitative estimate of drug-likeness (QED) is 0.870. The summed E-state index contributed by atoms with van der Waals surface area (Å²) < 4.78 is 1.90. The van der Waals surface area contributed by atoms with E-state index in [4.69, 9.17) is 0 Å². The molecule has 4 heteroatoms. The molecule has 1 aromatic rings. The summed E-state index contributed by atoms with van der Waals surface area (Å²) in [5, 5.41) is 7.86. The second kappa shape index (κ2) is 5.63. The van der Waals surface area contributed by atoms with Crippen LogP contribution in [0.5, 0.6) is 0 Å². The fraction of sp³-hybridized carbons (Fsp3) is 0.846. The van der Waals surface area contributed by atoms with Gasteiger partial charge in [0.2, 0.25) is 0 Å². The van der Waals surface area contributed by atoms with E-state index in [1.54, 1.807) is 12.7 Å². The van der Waals surface area contributed by atoms with E-state index in [1.807, 2.05) is 4.68 Å². The lowest BCUT2D eigenvalue weighted by Gasteiger charge is -2.34. The molecule has 0 saturated heterocycles. The molecular formula is C13H24N4. The molecule has 1 saturated carbocycles. The highest BCUT2D eigenvalue weighted by atomic mass is 15.3. The first-order valence-corrected chi connectivity index (χ1v) is 6.73. The van der Waals surface area contributed by atoms with Crippen molar-refractivity contribution in [3.05, 3.63) is 12.7 Å². The molecule has 4 nitrogen and oxygen atoms in total. The van der Waals surface area contributed by atoms with Gasteiger partial charge in [0.25, 0.3) is 0 Å². The molecule has 0 aromatic carbocycles. The molecule has 1 aromatic heterocycles. The third-order valence-corrected chi connectivity index (χ3v) is 4.05. The second-order valence-corrected chi connectivity index (χ2v) is 5.65.